The van der Waals surface area contributed by atoms with E-state index in [1.807, 2.05) is 32.9 Å². The minimum absolute atomic E-state index is 0.0215. The standard InChI is InChI=1S/C32H47FOS/c1-9-14-15-29(32(35-33)25(8)11-3)30(34)21-16-23(6)22-26-17-19-28(20-18-26)31(24(7)10-2)27(12-4)13-5/h9,14-15,17-20,23-24H,10-13,16,21-22H2,1-8H3/b14-9-,29-15-,32-25+. The number of hydrogen-bond acceptors (Lipinski definition) is 2. The highest BCUT2D eigenvalue weighted by Crippen LogP contribution is 2.33. The highest BCUT2D eigenvalue weighted by molar-refractivity contribution is 7.98. The van der Waals surface area contributed by atoms with Gasteiger partial charge in [0, 0.05) is 12.0 Å². The molecule has 0 saturated heterocycles. The van der Waals surface area contributed by atoms with Gasteiger partial charge in [-0.1, -0.05) is 95.2 Å². The molecule has 1 rings (SSSR count). The average Bonchev–Trinajstić information content (AvgIpc) is 2.88. The van der Waals surface area contributed by atoms with Gasteiger partial charge >= 0.3 is 0 Å². The lowest BCUT2D eigenvalue weighted by atomic mass is 9.85. The fourth-order valence-electron chi connectivity index (χ4n) is 4.49. The Bertz CT molecular complexity index is 911. The molecule has 2 atom stereocenters. The third-order valence-electron chi connectivity index (χ3n) is 7.05. The molecule has 0 aliphatic rings. The van der Waals surface area contributed by atoms with Gasteiger partial charge in [0.15, 0.2) is 5.78 Å². The Morgan fingerprint density at radius 3 is 2.14 bits per heavy atom. The predicted octanol–water partition coefficient (Wildman–Crippen LogP) is 10.6. The summed E-state index contributed by atoms with van der Waals surface area (Å²) in [5.41, 5.74) is 7.13. The second kappa shape index (κ2) is 16.7. The number of Topliss-reactive ketones (excluding diaryl/α,β-unsaturated/α-hetero) is 1. The van der Waals surface area contributed by atoms with Crippen LogP contribution < -0.4 is 0 Å². The lowest BCUT2D eigenvalue weighted by Crippen LogP contribution is -2.09. The average molecular weight is 499 g/mol. The van der Waals surface area contributed by atoms with Crippen LogP contribution in [0.3, 0.4) is 0 Å². The fourth-order valence-corrected chi connectivity index (χ4v) is 5.04. The smallest absolute Gasteiger partial charge is 0.164 e. The van der Waals surface area contributed by atoms with Gasteiger partial charge in [-0.2, -0.15) is 3.89 Å². The number of carbonyl (C=O) groups excluding carboxylic acids is 1. The zero-order chi connectivity index (χ0) is 26.4. The van der Waals surface area contributed by atoms with Crippen LogP contribution >= 0.6 is 12.1 Å². The van der Waals surface area contributed by atoms with Gasteiger partial charge in [0.25, 0.3) is 0 Å². The van der Waals surface area contributed by atoms with Gasteiger partial charge in [-0.05, 0) is 80.9 Å². The van der Waals surface area contributed by atoms with Gasteiger partial charge in [0.2, 0.25) is 0 Å². The topological polar surface area (TPSA) is 17.1 Å². The van der Waals surface area contributed by atoms with Crippen molar-refractivity contribution in [2.24, 2.45) is 11.8 Å². The molecule has 0 N–H and O–H groups in total. The molecule has 0 saturated carbocycles. The number of benzene rings is 1. The summed E-state index contributed by atoms with van der Waals surface area (Å²) in [4.78, 5) is 13.5. The third kappa shape index (κ3) is 9.60. The van der Waals surface area contributed by atoms with Crippen molar-refractivity contribution in [3.05, 3.63) is 75.2 Å². The van der Waals surface area contributed by atoms with E-state index in [9.17, 15) is 8.68 Å². The van der Waals surface area contributed by atoms with Crippen LogP contribution in [0.5, 0.6) is 0 Å². The van der Waals surface area contributed by atoms with Gasteiger partial charge in [-0.15, -0.1) is 0 Å². The van der Waals surface area contributed by atoms with E-state index in [2.05, 4.69) is 58.9 Å². The van der Waals surface area contributed by atoms with E-state index in [1.54, 1.807) is 11.6 Å². The van der Waals surface area contributed by atoms with Crippen molar-refractivity contribution < 1.29 is 8.68 Å². The summed E-state index contributed by atoms with van der Waals surface area (Å²) >= 11 is 0.191. The zero-order valence-electron chi connectivity index (χ0n) is 23.3. The highest BCUT2D eigenvalue weighted by Gasteiger charge is 2.19. The van der Waals surface area contributed by atoms with Crippen LogP contribution in [0.2, 0.25) is 0 Å². The maximum atomic E-state index is 13.7. The summed E-state index contributed by atoms with van der Waals surface area (Å²) in [6.45, 7) is 17.1. The molecule has 0 aromatic heterocycles. The van der Waals surface area contributed by atoms with Crippen molar-refractivity contribution in [3.63, 3.8) is 0 Å². The molecule has 0 heterocycles. The van der Waals surface area contributed by atoms with Crippen LogP contribution in [0.1, 0.15) is 105 Å². The highest BCUT2D eigenvalue weighted by atomic mass is 32.2. The van der Waals surface area contributed by atoms with Gasteiger partial charge in [0.1, 0.15) is 0 Å². The molecule has 3 heteroatoms. The van der Waals surface area contributed by atoms with E-state index in [0.29, 0.717) is 28.7 Å². The van der Waals surface area contributed by atoms with Gasteiger partial charge in [-0.25, -0.2) is 0 Å². The number of ketones is 1. The molecule has 0 amide bonds. The van der Waals surface area contributed by atoms with E-state index in [4.69, 9.17) is 0 Å². The van der Waals surface area contributed by atoms with Crippen LogP contribution in [-0.4, -0.2) is 5.78 Å². The van der Waals surface area contributed by atoms with Crippen molar-refractivity contribution >= 4 is 23.5 Å². The second-order valence-electron chi connectivity index (χ2n) is 9.65. The minimum atomic E-state index is 0.0215. The molecule has 0 radical (unpaired) electrons. The van der Waals surface area contributed by atoms with Crippen molar-refractivity contribution in [3.8, 4) is 0 Å². The number of halogens is 1. The van der Waals surface area contributed by atoms with Crippen molar-refractivity contribution in [2.75, 3.05) is 0 Å². The first kappa shape index (κ1) is 31.2. The molecule has 194 valence electrons. The van der Waals surface area contributed by atoms with E-state index >= 15 is 0 Å². The molecule has 0 fully saturated rings. The quantitative estimate of drug-likeness (QED) is 0.177. The molecule has 35 heavy (non-hydrogen) atoms. The summed E-state index contributed by atoms with van der Waals surface area (Å²) in [6, 6.07) is 9.06. The van der Waals surface area contributed by atoms with Crippen molar-refractivity contribution in [2.45, 2.75) is 100 Å². The van der Waals surface area contributed by atoms with Crippen LogP contribution in [0, 0.1) is 11.8 Å². The van der Waals surface area contributed by atoms with Crippen molar-refractivity contribution in [1.29, 1.82) is 0 Å². The minimum Gasteiger partial charge on any atom is -0.294 e. The number of rotatable bonds is 15. The second-order valence-corrected chi connectivity index (χ2v) is 10.2. The molecule has 0 spiro atoms. The number of allylic oxidation sites excluding steroid dienone is 7. The first-order valence-electron chi connectivity index (χ1n) is 13.4. The third-order valence-corrected chi connectivity index (χ3v) is 7.77. The van der Waals surface area contributed by atoms with Gasteiger partial charge < -0.3 is 0 Å². The Morgan fingerprint density at radius 1 is 1.03 bits per heavy atom. The first-order valence-corrected chi connectivity index (χ1v) is 14.1. The van der Waals surface area contributed by atoms with E-state index in [0.717, 1.165) is 44.1 Å². The molecule has 2 unspecified atom stereocenters. The van der Waals surface area contributed by atoms with Crippen LogP contribution in [-0.2, 0) is 11.2 Å². The van der Waals surface area contributed by atoms with E-state index in [1.165, 1.54) is 16.7 Å². The summed E-state index contributed by atoms with van der Waals surface area (Å²) in [5.74, 6) is 0.952. The van der Waals surface area contributed by atoms with Gasteiger partial charge in [0.05, 0.1) is 17.1 Å². The Balaban J connectivity index is 2.94. The molecule has 0 aliphatic heterocycles. The molecule has 1 aromatic carbocycles. The number of carbonyl (C=O) groups is 1. The zero-order valence-corrected chi connectivity index (χ0v) is 24.2. The first-order chi connectivity index (χ1) is 16.8. The van der Waals surface area contributed by atoms with E-state index < -0.39 is 0 Å². The molecular formula is C32H47FOS. The maximum Gasteiger partial charge on any atom is 0.164 e. The Labute approximate surface area is 219 Å². The van der Waals surface area contributed by atoms with Crippen molar-refractivity contribution in [1.82, 2.24) is 0 Å². The SMILES string of the molecule is C\C=C/C=C(C(=O)CCC(C)Cc1ccc(C(=C(CC)CC)C(C)CC)cc1)\C(SF)=C(\C)CC. The van der Waals surface area contributed by atoms with Crippen LogP contribution in [0.15, 0.2) is 64.1 Å². The van der Waals surface area contributed by atoms with Crippen LogP contribution in [0.25, 0.3) is 5.57 Å². The molecule has 1 aromatic rings. The lowest BCUT2D eigenvalue weighted by Gasteiger charge is -2.20. The Hall–Kier alpha value is -1.87. The van der Waals surface area contributed by atoms with Gasteiger partial charge in [-0.3, -0.25) is 4.79 Å². The molecule has 0 bridgehead atoms. The molecule has 1 nitrogen and oxygen atoms in total. The molecular weight excluding hydrogens is 451 g/mol. The molecule has 0 aliphatic carbocycles. The predicted molar refractivity (Wildman–Crippen MR) is 155 cm³/mol. The number of hydrogen-bond donors (Lipinski definition) is 0. The Kier molecular flexibility index (Phi) is 14.9. The summed E-state index contributed by atoms with van der Waals surface area (Å²) in [6.07, 6.45) is 11.7. The maximum absolute atomic E-state index is 13.7. The largest absolute Gasteiger partial charge is 0.294 e. The normalized spacial score (nSPS) is 14.6. The summed E-state index contributed by atoms with van der Waals surface area (Å²) in [5, 5.41) is 0. The summed E-state index contributed by atoms with van der Waals surface area (Å²) < 4.78 is 13.7. The fraction of sp³-hybridized carbons (Fsp3) is 0.531. The van der Waals surface area contributed by atoms with E-state index in [-0.39, 0.29) is 17.9 Å². The Morgan fingerprint density at radius 2 is 1.66 bits per heavy atom. The lowest BCUT2D eigenvalue weighted by molar-refractivity contribution is -0.115. The van der Waals surface area contributed by atoms with Crippen LogP contribution in [0.4, 0.5) is 3.89 Å². The monoisotopic (exact) mass is 498 g/mol. The summed E-state index contributed by atoms with van der Waals surface area (Å²) in [7, 11) is 0.